The van der Waals surface area contributed by atoms with Crippen LogP contribution in [0.15, 0.2) is 119 Å². The Hall–Kier alpha value is -5.62. The Balaban J connectivity index is 1.61. The Morgan fingerprint density at radius 1 is 0.542 bits per heavy atom. The predicted molar refractivity (Wildman–Crippen MR) is 180 cm³/mol. The maximum absolute atomic E-state index is 12.4. The topological polar surface area (TPSA) is 244 Å². The van der Waals surface area contributed by atoms with E-state index in [4.69, 9.17) is 16.2 Å². The highest BCUT2D eigenvalue weighted by Gasteiger charge is 2.21. The third-order valence-corrected chi connectivity index (χ3v) is 8.75. The van der Waals surface area contributed by atoms with Crippen molar-refractivity contribution in [2.24, 2.45) is 30.7 Å². The van der Waals surface area contributed by atoms with Gasteiger partial charge in [0, 0.05) is 28.2 Å². The molecule has 0 heterocycles. The first-order valence-corrected chi connectivity index (χ1v) is 16.7. The molecule has 0 aliphatic rings. The summed E-state index contributed by atoms with van der Waals surface area (Å²) in [5.74, 6) is 0.0290. The lowest BCUT2D eigenvalue weighted by molar-refractivity contribution is 0.415. The van der Waals surface area contributed by atoms with Crippen molar-refractivity contribution in [3.63, 3.8) is 0 Å². The van der Waals surface area contributed by atoms with Gasteiger partial charge in [-0.05, 0) is 91.7 Å². The number of nitrogen functional groups attached to an aromatic ring is 2. The van der Waals surface area contributed by atoms with E-state index >= 15 is 0 Å². The van der Waals surface area contributed by atoms with Crippen LogP contribution in [0.3, 0.4) is 0 Å². The third-order valence-electron chi connectivity index (χ3n) is 7.02. The maximum atomic E-state index is 12.4. The van der Waals surface area contributed by atoms with Crippen molar-refractivity contribution in [3.05, 3.63) is 90.0 Å². The van der Waals surface area contributed by atoms with Gasteiger partial charge in [-0.25, -0.2) is 0 Å². The van der Waals surface area contributed by atoms with Crippen molar-refractivity contribution in [3.8, 4) is 5.75 Å². The van der Waals surface area contributed by atoms with Crippen LogP contribution in [0.2, 0.25) is 0 Å². The second kappa shape index (κ2) is 13.2. The number of anilines is 2. The Kier molecular flexibility index (Phi) is 9.31. The van der Waals surface area contributed by atoms with Crippen LogP contribution < -0.4 is 16.2 Å². The number of nitrogens with zero attached hydrogens (tertiary/aromatic N) is 6. The molecule has 0 unspecified atom stereocenters. The molecule has 5 rings (SSSR count). The monoisotopic (exact) mass is 688 g/mol. The fraction of sp³-hybridized carbons (Fsp3) is 0.0968. The number of hydrogen-bond donors (Lipinski definition) is 4. The largest absolute Gasteiger partial charge is 0.494 e. The number of nitrogens with two attached hydrogens (primary N) is 2. The van der Waals surface area contributed by atoms with Gasteiger partial charge in [-0.3, -0.25) is 9.11 Å². The van der Waals surface area contributed by atoms with E-state index in [9.17, 15) is 25.9 Å². The first-order chi connectivity index (χ1) is 22.6. The van der Waals surface area contributed by atoms with Crippen molar-refractivity contribution in [1.82, 2.24) is 0 Å². The van der Waals surface area contributed by atoms with Crippen molar-refractivity contribution >= 4 is 76.5 Å². The molecule has 0 aliphatic heterocycles. The van der Waals surface area contributed by atoms with Crippen LogP contribution in [0, 0.1) is 13.8 Å². The van der Waals surface area contributed by atoms with E-state index in [0.717, 1.165) is 11.6 Å². The van der Waals surface area contributed by atoms with Crippen LogP contribution in [-0.4, -0.2) is 33.1 Å². The number of azo groups is 3. The molecule has 5 aromatic rings. The molecule has 0 saturated carbocycles. The summed E-state index contributed by atoms with van der Waals surface area (Å²) in [7, 11) is -8.13. The SMILES string of the molecule is COc1cc(N=Nc2ccc(N)cc2C)c(S(=O)(=O)O)cc1N=Nc1ccc(N=Nc2ccc(N)cc2C)c2ccc(S(=O)(=O)O)cc12. The van der Waals surface area contributed by atoms with Gasteiger partial charge < -0.3 is 16.2 Å². The molecule has 0 bridgehead atoms. The first-order valence-electron chi connectivity index (χ1n) is 13.9. The van der Waals surface area contributed by atoms with Crippen LogP contribution in [0.4, 0.5) is 45.5 Å². The van der Waals surface area contributed by atoms with Gasteiger partial charge in [0.25, 0.3) is 20.2 Å². The fourth-order valence-electron chi connectivity index (χ4n) is 4.60. The summed E-state index contributed by atoms with van der Waals surface area (Å²) in [6, 6.07) is 19.1. The molecule has 6 N–H and O–H groups in total. The number of fused-ring (bicyclic) bond motifs is 1. The molecule has 0 radical (unpaired) electrons. The van der Waals surface area contributed by atoms with Gasteiger partial charge in [0.05, 0.1) is 34.8 Å². The molecule has 15 nitrogen and oxygen atoms in total. The highest BCUT2D eigenvalue weighted by atomic mass is 32.2. The molecule has 0 aliphatic carbocycles. The van der Waals surface area contributed by atoms with Gasteiger partial charge in [0.15, 0.2) is 0 Å². The van der Waals surface area contributed by atoms with Crippen molar-refractivity contribution in [1.29, 1.82) is 0 Å². The standard InChI is InChI=1S/C31H28N8O7S2/c1-17-12-19(32)4-8-24(17)34-36-26-10-11-27(23-14-21(47(40,41)42)6-7-22(23)26)37-38-28-16-31(48(43,44)45)29(15-30(28)46-3)39-35-25-9-5-20(33)13-18(25)2/h4-16H,32-33H2,1-3H3,(H,40,41,42)(H,43,44,45). The van der Waals surface area contributed by atoms with Crippen molar-refractivity contribution < 1.29 is 30.7 Å². The minimum absolute atomic E-state index is 0.0290. The van der Waals surface area contributed by atoms with Gasteiger partial charge in [-0.1, -0.05) is 6.07 Å². The molecule has 0 fully saturated rings. The summed E-state index contributed by atoms with van der Waals surface area (Å²) >= 11 is 0. The Morgan fingerprint density at radius 2 is 1.02 bits per heavy atom. The smallest absolute Gasteiger partial charge is 0.296 e. The lowest BCUT2D eigenvalue weighted by atomic mass is 10.1. The summed E-state index contributed by atoms with van der Waals surface area (Å²) in [6.45, 7) is 3.57. The normalized spacial score (nSPS) is 12.5. The summed E-state index contributed by atoms with van der Waals surface area (Å²) in [5, 5.41) is 25.8. The molecule has 17 heteroatoms. The van der Waals surface area contributed by atoms with Crippen LogP contribution in [0.1, 0.15) is 11.1 Å². The molecule has 246 valence electrons. The molecule has 0 saturated heterocycles. The average Bonchev–Trinajstić information content (AvgIpc) is 3.02. The molecule has 48 heavy (non-hydrogen) atoms. The minimum atomic E-state index is -4.84. The molecule has 0 atom stereocenters. The zero-order valence-corrected chi connectivity index (χ0v) is 27.2. The zero-order valence-electron chi connectivity index (χ0n) is 25.6. The Labute approximate surface area is 275 Å². The maximum Gasteiger partial charge on any atom is 0.296 e. The van der Waals surface area contributed by atoms with E-state index in [0.29, 0.717) is 39.4 Å². The number of benzene rings is 5. The van der Waals surface area contributed by atoms with E-state index in [1.54, 1.807) is 49.4 Å². The summed E-state index contributed by atoms with van der Waals surface area (Å²) < 4.78 is 73.8. The van der Waals surface area contributed by atoms with Crippen LogP contribution in [0.5, 0.6) is 5.75 Å². The average molecular weight is 689 g/mol. The highest BCUT2D eigenvalue weighted by molar-refractivity contribution is 7.86. The number of methoxy groups -OCH3 is 1. The fourth-order valence-corrected chi connectivity index (χ4v) is 5.73. The van der Waals surface area contributed by atoms with Gasteiger partial charge in [-0.2, -0.15) is 27.1 Å². The molecule has 0 aromatic heterocycles. The molecular weight excluding hydrogens is 661 g/mol. The van der Waals surface area contributed by atoms with Crippen LogP contribution in [0.25, 0.3) is 10.8 Å². The quantitative estimate of drug-likeness (QED) is 0.0659. The predicted octanol–water partition coefficient (Wildman–Crippen LogP) is 8.37. The van der Waals surface area contributed by atoms with Crippen LogP contribution >= 0.6 is 0 Å². The highest BCUT2D eigenvalue weighted by Crippen LogP contribution is 2.41. The number of aryl methyl sites for hydroxylation is 2. The summed E-state index contributed by atoms with van der Waals surface area (Å²) in [4.78, 5) is -1.03. The molecule has 0 spiro atoms. The minimum Gasteiger partial charge on any atom is -0.494 e. The van der Waals surface area contributed by atoms with Gasteiger partial charge >= 0.3 is 0 Å². The zero-order chi connectivity index (χ0) is 34.8. The van der Waals surface area contributed by atoms with Crippen molar-refractivity contribution in [2.75, 3.05) is 18.6 Å². The van der Waals surface area contributed by atoms with Gasteiger partial charge in [-0.15, -0.1) is 20.5 Å². The Morgan fingerprint density at radius 3 is 1.52 bits per heavy atom. The lowest BCUT2D eigenvalue weighted by Gasteiger charge is -2.09. The number of rotatable bonds is 9. The third kappa shape index (κ3) is 7.50. The second-order valence-electron chi connectivity index (χ2n) is 10.4. The van der Waals surface area contributed by atoms with Crippen molar-refractivity contribution in [2.45, 2.75) is 23.6 Å². The molecule has 0 amide bonds. The van der Waals surface area contributed by atoms with E-state index < -0.39 is 30.0 Å². The molecular formula is C31H28N8O7S2. The van der Waals surface area contributed by atoms with E-state index in [-0.39, 0.29) is 28.2 Å². The first kappa shape index (κ1) is 33.7. The lowest BCUT2D eigenvalue weighted by Crippen LogP contribution is -1.99. The summed E-state index contributed by atoms with van der Waals surface area (Å²) in [6.07, 6.45) is 0. The van der Waals surface area contributed by atoms with Gasteiger partial charge in [0.1, 0.15) is 22.0 Å². The summed E-state index contributed by atoms with van der Waals surface area (Å²) in [5.41, 5.74) is 15.2. The Bertz CT molecular complexity index is 2390. The second-order valence-corrected chi connectivity index (χ2v) is 13.3. The van der Waals surface area contributed by atoms with E-state index in [2.05, 4.69) is 30.7 Å². The van der Waals surface area contributed by atoms with E-state index in [1.807, 2.05) is 6.92 Å². The number of ether oxygens (including phenoxy) is 1. The van der Waals surface area contributed by atoms with Gasteiger partial charge in [0.2, 0.25) is 0 Å². The molecule has 5 aromatic carbocycles. The van der Waals surface area contributed by atoms with E-state index in [1.165, 1.54) is 37.4 Å². The van der Waals surface area contributed by atoms with Crippen LogP contribution in [-0.2, 0) is 20.2 Å². The number of hydrogen-bond acceptors (Lipinski definition) is 13.